The van der Waals surface area contributed by atoms with Crippen LogP contribution in [0.2, 0.25) is 0 Å². The maximum absolute atomic E-state index is 4.51. The molecule has 1 aromatic carbocycles. The Bertz CT molecular complexity index is 573. The minimum atomic E-state index is 0.627. The van der Waals surface area contributed by atoms with Crippen molar-refractivity contribution in [2.75, 3.05) is 17.2 Å². The minimum absolute atomic E-state index is 0.627. The normalized spacial score (nSPS) is 10.7. The van der Waals surface area contributed by atoms with Crippen molar-refractivity contribution < 1.29 is 0 Å². The van der Waals surface area contributed by atoms with Crippen LogP contribution in [0.5, 0.6) is 0 Å². The molecule has 0 radical (unpaired) electrons. The number of para-hydroxylation sites is 1. The smallest absolute Gasteiger partial charge is 0.229 e. The van der Waals surface area contributed by atoms with Gasteiger partial charge in [-0.15, -0.1) is 0 Å². The van der Waals surface area contributed by atoms with E-state index in [1.165, 1.54) is 11.1 Å². The topological polar surface area (TPSA) is 49.8 Å². The highest BCUT2D eigenvalue weighted by Crippen LogP contribution is 2.22. The van der Waals surface area contributed by atoms with Gasteiger partial charge in [-0.1, -0.05) is 32.0 Å². The molecule has 2 N–H and O–H groups in total. The van der Waals surface area contributed by atoms with Gasteiger partial charge in [0.15, 0.2) is 0 Å². The van der Waals surface area contributed by atoms with E-state index in [1.54, 1.807) is 6.20 Å². The molecule has 2 rings (SSSR count). The zero-order valence-electron chi connectivity index (χ0n) is 13.3. The maximum atomic E-state index is 4.51. The first-order valence-corrected chi connectivity index (χ1v) is 7.46. The van der Waals surface area contributed by atoms with Gasteiger partial charge < -0.3 is 10.6 Å². The Hall–Kier alpha value is -2.10. The lowest BCUT2D eigenvalue weighted by Gasteiger charge is -2.12. The molecule has 0 atom stereocenters. The summed E-state index contributed by atoms with van der Waals surface area (Å²) in [6.45, 7) is 9.53. The summed E-state index contributed by atoms with van der Waals surface area (Å²) in [6, 6.07) is 8.12. The van der Waals surface area contributed by atoms with E-state index >= 15 is 0 Å². The Morgan fingerprint density at radius 3 is 2.48 bits per heavy atom. The summed E-state index contributed by atoms with van der Waals surface area (Å²) in [5.41, 5.74) is 3.46. The van der Waals surface area contributed by atoms with E-state index in [0.29, 0.717) is 11.9 Å². The fraction of sp³-hybridized carbons (Fsp3) is 0.412. The number of rotatable bonds is 6. The van der Waals surface area contributed by atoms with Gasteiger partial charge in [0.1, 0.15) is 5.82 Å². The second-order valence-electron chi connectivity index (χ2n) is 5.77. The average molecular weight is 284 g/mol. The highest BCUT2D eigenvalue weighted by atomic mass is 15.1. The molecule has 1 heterocycles. The number of nitrogens with zero attached hydrogens (tertiary/aromatic N) is 2. The van der Waals surface area contributed by atoms with Crippen LogP contribution in [0.3, 0.4) is 0 Å². The lowest BCUT2D eigenvalue weighted by molar-refractivity contribution is 0.606. The number of aryl methyl sites for hydroxylation is 2. The minimum Gasteiger partial charge on any atom is -0.370 e. The van der Waals surface area contributed by atoms with Gasteiger partial charge in [0, 0.05) is 18.4 Å². The van der Waals surface area contributed by atoms with Crippen molar-refractivity contribution in [1.82, 2.24) is 9.97 Å². The van der Waals surface area contributed by atoms with Crippen LogP contribution in [-0.2, 0) is 0 Å². The molecule has 4 heteroatoms. The first-order chi connectivity index (χ1) is 10.1. The van der Waals surface area contributed by atoms with Crippen LogP contribution in [0, 0.1) is 19.8 Å². The van der Waals surface area contributed by atoms with Crippen LogP contribution in [0.15, 0.2) is 30.5 Å². The van der Waals surface area contributed by atoms with Crippen LogP contribution in [0.1, 0.15) is 31.4 Å². The van der Waals surface area contributed by atoms with E-state index in [-0.39, 0.29) is 0 Å². The van der Waals surface area contributed by atoms with Gasteiger partial charge in [-0.2, -0.15) is 4.98 Å². The third-order valence-electron chi connectivity index (χ3n) is 3.40. The predicted octanol–water partition coefficient (Wildman–Crippen LogP) is 4.30. The highest BCUT2D eigenvalue weighted by molar-refractivity contribution is 5.63. The first kappa shape index (κ1) is 15.3. The number of hydrogen-bond acceptors (Lipinski definition) is 4. The lowest BCUT2D eigenvalue weighted by atomic mass is 10.1. The second kappa shape index (κ2) is 7.07. The van der Waals surface area contributed by atoms with Crippen molar-refractivity contribution in [2.45, 2.75) is 34.1 Å². The van der Waals surface area contributed by atoms with E-state index in [2.05, 4.69) is 66.5 Å². The van der Waals surface area contributed by atoms with Gasteiger partial charge in [-0.3, -0.25) is 0 Å². The third-order valence-corrected chi connectivity index (χ3v) is 3.40. The molecule has 1 aromatic heterocycles. The number of aromatic nitrogens is 2. The molecule has 0 unspecified atom stereocenters. The molecule has 4 nitrogen and oxygen atoms in total. The molecule has 112 valence electrons. The molecule has 0 bridgehead atoms. The summed E-state index contributed by atoms with van der Waals surface area (Å²) in [5, 5.41) is 6.66. The van der Waals surface area contributed by atoms with Gasteiger partial charge in [-0.05, 0) is 43.4 Å². The van der Waals surface area contributed by atoms with Crippen LogP contribution in [0.25, 0.3) is 0 Å². The standard InChI is InChI=1S/C17H24N4/c1-12(2)8-10-18-15-9-11-19-17(20-15)21-16-13(3)6-5-7-14(16)4/h5-7,9,11-12H,8,10H2,1-4H3,(H2,18,19,20,21). The van der Waals surface area contributed by atoms with Crippen molar-refractivity contribution in [3.05, 3.63) is 41.6 Å². The third kappa shape index (κ3) is 4.45. The molecule has 21 heavy (non-hydrogen) atoms. The summed E-state index contributed by atoms with van der Waals surface area (Å²) in [5.74, 6) is 2.17. The van der Waals surface area contributed by atoms with E-state index in [1.807, 2.05) is 6.07 Å². The Morgan fingerprint density at radius 2 is 1.81 bits per heavy atom. The molecule has 0 fully saturated rings. The largest absolute Gasteiger partial charge is 0.370 e. The molecule has 2 aromatic rings. The summed E-state index contributed by atoms with van der Waals surface area (Å²) >= 11 is 0. The zero-order valence-corrected chi connectivity index (χ0v) is 13.3. The van der Waals surface area contributed by atoms with E-state index in [9.17, 15) is 0 Å². The lowest BCUT2D eigenvalue weighted by Crippen LogP contribution is -2.08. The first-order valence-electron chi connectivity index (χ1n) is 7.46. The fourth-order valence-corrected chi connectivity index (χ4v) is 2.13. The summed E-state index contributed by atoms with van der Waals surface area (Å²) in [7, 11) is 0. The van der Waals surface area contributed by atoms with Gasteiger partial charge in [0.05, 0.1) is 0 Å². The van der Waals surface area contributed by atoms with Crippen LogP contribution >= 0.6 is 0 Å². The summed E-state index contributed by atoms with van der Waals surface area (Å²) < 4.78 is 0. The summed E-state index contributed by atoms with van der Waals surface area (Å²) in [6.07, 6.45) is 2.91. The Labute approximate surface area is 127 Å². The van der Waals surface area contributed by atoms with Crippen molar-refractivity contribution in [1.29, 1.82) is 0 Å². The van der Waals surface area contributed by atoms with E-state index in [0.717, 1.165) is 24.5 Å². The Balaban J connectivity index is 2.07. The molecule has 0 aliphatic rings. The predicted molar refractivity (Wildman–Crippen MR) is 89.2 cm³/mol. The van der Waals surface area contributed by atoms with E-state index in [4.69, 9.17) is 0 Å². The number of anilines is 3. The molecule has 0 aliphatic carbocycles. The van der Waals surface area contributed by atoms with Crippen molar-refractivity contribution in [3.63, 3.8) is 0 Å². The molecule has 0 aliphatic heterocycles. The van der Waals surface area contributed by atoms with Crippen LogP contribution < -0.4 is 10.6 Å². The maximum Gasteiger partial charge on any atom is 0.229 e. The Morgan fingerprint density at radius 1 is 1.10 bits per heavy atom. The van der Waals surface area contributed by atoms with Gasteiger partial charge in [0.2, 0.25) is 5.95 Å². The van der Waals surface area contributed by atoms with Gasteiger partial charge in [0.25, 0.3) is 0 Å². The van der Waals surface area contributed by atoms with E-state index < -0.39 is 0 Å². The SMILES string of the molecule is Cc1cccc(C)c1Nc1nccc(NCCC(C)C)n1. The molecule has 0 saturated carbocycles. The highest BCUT2D eigenvalue weighted by Gasteiger charge is 2.05. The fourth-order valence-electron chi connectivity index (χ4n) is 2.13. The number of nitrogens with one attached hydrogen (secondary N) is 2. The monoisotopic (exact) mass is 284 g/mol. The number of hydrogen-bond donors (Lipinski definition) is 2. The molecule has 0 amide bonds. The molecular weight excluding hydrogens is 260 g/mol. The van der Waals surface area contributed by atoms with Gasteiger partial charge >= 0.3 is 0 Å². The average Bonchev–Trinajstić information content (AvgIpc) is 2.43. The summed E-state index contributed by atoms with van der Waals surface area (Å²) in [4.78, 5) is 8.81. The molecular formula is C17H24N4. The van der Waals surface area contributed by atoms with Gasteiger partial charge in [-0.25, -0.2) is 4.98 Å². The number of benzene rings is 1. The molecule has 0 saturated heterocycles. The van der Waals surface area contributed by atoms with Crippen LogP contribution in [0.4, 0.5) is 17.5 Å². The molecule has 0 spiro atoms. The van der Waals surface area contributed by atoms with Crippen molar-refractivity contribution in [3.8, 4) is 0 Å². The van der Waals surface area contributed by atoms with Crippen LogP contribution in [-0.4, -0.2) is 16.5 Å². The zero-order chi connectivity index (χ0) is 15.2. The quantitative estimate of drug-likeness (QED) is 0.830. The second-order valence-corrected chi connectivity index (χ2v) is 5.77. The van der Waals surface area contributed by atoms with Crippen molar-refractivity contribution in [2.24, 2.45) is 5.92 Å². The van der Waals surface area contributed by atoms with Crippen molar-refractivity contribution >= 4 is 17.5 Å². The Kier molecular flexibility index (Phi) is 5.14.